The molecule has 0 N–H and O–H groups in total. The summed E-state index contributed by atoms with van der Waals surface area (Å²) >= 11 is 0. The molecule has 0 spiro atoms. The number of Topliss-reactive ketones (excluding diaryl/α,β-unsaturated/α-hetero) is 1. The zero-order chi connectivity index (χ0) is 10.6. The lowest BCUT2D eigenvalue weighted by atomic mass is 9.94. The zero-order valence-electron chi connectivity index (χ0n) is 9.03. The molecular formula is C11H19NO2. The van der Waals surface area contributed by atoms with Crippen LogP contribution in [0.1, 0.15) is 39.5 Å². The minimum atomic E-state index is -0.131. The van der Waals surface area contributed by atoms with Crippen LogP contribution in [0.5, 0.6) is 0 Å². The molecule has 1 unspecified atom stereocenters. The normalized spacial score (nSPS) is 23.6. The molecule has 1 rings (SSSR count). The minimum Gasteiger partial charge on any atom is -0.335 e. The van der Waals surface area contributed by atoms with E-state index in [4.69, 9.17) is 0 Å². The van der Waals surface area contributed by atoms with E-state index in [-0.39, 0.29) is 17.7 Å². The molecule has 80 valence electrons. The summed E-state index contributed by atoms with van der Waals surface area (Å²) in [5, 5.41) is 0. The number of rotatable bonds is 5. The van der Waals surface area contributed by atoms with Crippen LogP contribution in [0.3, 0.4) is 0 Å². The van der Waals surface area contributed by atoms with Gasteiger partial charge in [-0.15, -0.1) is 0 Å². The van der Waals surface area contributed by atoms with Crippen LogP contribution in [-0.4, -0.2) is 29.7 Å². The fourth-order valence-corrected chi connectivity index (χ4v) is 2.12. The molecule has 1 aliphatic rings. The molecular weight excluding hydrogens is 178 g/mol. The van der Waals surface area contributed by atoms with E-state index < -0.39 is 0 Å². The van der Waals surface area contributed by atoms with Crippen molar-refractivity contribution in [3.8, 4) is 0 Å². The maximum absolute atomic E-state index is 11.9. The van der Waals surface area contributed by atoms with Gasteiger partial charge in [-0.05, 0) is 19.3 Å². The van der Waals surface area contributed by atoms with Gasteiger partial charge in [-0.25, -0.2) is 0 Å². The first-order valence-corrected chi connectivity index (χ1v) is 5.45. The van der Waals surface area contributed by atoms with Crippen molar-refractivity contribution in [1.82, 2.24) is 4.90 Å². The van der Waals surface area contributed by atoms with Crippen molar-refractivity contribution < 1.29 is 9.59 Å². The molecule has 3 heteroatoms. The third-order valence-corrected chi connectivity index (χ3v) is 2.97. The molecule has 0 saturated carbocycles. The van der Waals surface area contributed by atoms with Crippen LogP contribution in [0.2, 0.25) is 0 Å². The number of hydrogen-bond acceptors (Lipinski definition) is 2. The van der Waals surface area contributed by atoms with Crippen LogP contribution in [0, 0.1) is 5.92 Å². The van der Waals surface area contributed by atoms with Crippen molar-refractivity contribution in [2.24, 2.45) is 5.92 Å². The summed E-state index contributed by atoms with van der Waals surface area (Å²) in [5.41, 5.74) is 0. The van der Waals surface area contributed by atoms with Gasteiger partial charge in [-0.1, -0.05) is 20.3 Å². The topological polar surface area (TPSA) is 37.4 Å². The average molecular weight is 197 g/mol. The highest BCUT2D eigenvalue weighted by Gasteiger charge is 2.31. The Balaban J connectivity index is 2.54. The van der Waals surface area contributed by atoms with Crippen molar-refractivity contribution in [3.05, 3.63) is 0 Å². The van der Waals surface area contributed by atoms with E-state index in [1.807, 2.05) is 6.92 Å². The third-order valence-electron chi connectivity index (χ3n) is 2.97. The highest BCUT2D eigenvalue weighted by Crippen LogP contribution is 2.21. The van der Waals surface area contributed by atoms with E-state index in [1.54, 1.807) is 4.90 Å². The lowest BCUT2D eigenvalue weighted by molar-refractivity contribution is -0.132. The van der Waals surface area contributed by atoms with Gasteiger partial charge in [0.05, 0.1) is 6.04 Å². The second-order valence-corrected chi connectivity index (χ2v) is 4.09. The second-order valence-electron chi connectivity index (χ2n) is 4.09. The molecule has 0 radical (unpaired) electrons. The van der Waals surface area contributed by atoms with Crippen molar-refractivity contribution in [3.63, 3.8) is 0 Å². The molecule has 3 nitrogen and oxygen atoms in total. The molecule has 0 aromatic heterocycles. The number of carbonyl (C=O) groups excluding carboxylic acids is 2. The Morgan fingerprint density at radius 1 is 1.64 bits per heavy atom. The Morgan fingerprint density at radius 2 is 2.36 bits per heavy atom. The van der Waals surface area contributed by atoms with Crippen molar-refractivity contribution >= 4 is 12.2 Å². The van der Waals surface area contributed by atoms with Gasteiger partial charge in [0.25, 0.3) is 0 Å². The Bertz CT molecular complexity index is 215. The molecule has 2 atom stereocenters. The number of nitrogens with zero attached hydrogens (tertiary/aromatic N) is 1. The lowest BCUT2D eigenvalue weighted by Crippen LogP contribution is -2.37. The zero-order valence-corrected chi connectivity index (χ0v) is 9.03. The summed E-state index contributed by atoms with van der Waals surface area (Å²) in [6, 6.07) is -0.131. The Hall–Kier alpha value is -0.860. The first-order valence-electron chi connectivity index (χ1n) is 5.45. The van der Waals surface area contributed by atoms with Crippen molar-refractivity contribution in [2.75, 3.05) is 6.54 Å². The number of likely N-dealkylation sites (tertiary alicyclic amines) is 1. The van der Waals surface area contributed by atoms with Crippen LogP contribution < -0.4 is 0 Å². The maximum atomic E-state index is 11.9. The predicted molar refractivity (Wildman–Crippen MR) is 54.9 cm³/mol. The van der Waals surface area contributed by atoms with E-state index >= 15 is 0 Å². The number of ketones is 1. The molecule has 1 heterocycles. The molecule has 0 aromatic rings. The summed E-state index contributed by atoms with van der Waals surface area (Å²) in [6.07, 6.45) is 4.59. The Kier molecular flexibility index (Phi) is 4.11. The standard InChI is InChI=1S/C11H19NO2/c1-3-5-9(2)11(14)10-6-4-7-12(10)8-13/h8-10H,3-7H2,1-2H3/t9?,10-/m0/s1. The third kappa shape index (κ3) is 2.34. The number of hydrogen-bond donors (Lipinski definition) is 0. The molecule has 14 heavy (non-hydrogen) atoms. The van der Waals surface area contributed by atoms with Gasteiger partial charge in [0, 0.05) is 12.5 Å². The van der Waals surface area contributed by atoms with Gasteiger partial charge < -0.3 is 4.90 Å². The van der Waals surface area contributed by atoms with E-state index in [9.17, 15) is 9.59 Å². The number of amides is 1. The summed E-state index contributed by atoms with van der Waals surface area (Å²) in [6.45, 7) is 4.79. The largest absolute Gasteiger partial charge is 0.335 e. The quantitative estimate of drug-likeness (QED) is 0.628. The van der Waals surface area contributed by atoms with Crippen LogP contribution in [-0.2, 0) is 9.59 Å². The van der Waals surface area contributed by atoms with E-state index in [0.717, 1.165) is 38.6 Å². The first-order chi connectivity index (χ1) is 6.70. The highest BCUT2D eigenvalue weighted by molar-refractivity contribution is 5.87. The maximum Gasteiger partial charge on any atom is 0.210 e. The lowest BCUT2D eigenvalue weighted by Gasteiger charge is -2.21. The van der Waals surface area contributed by atoms with E-state index in [1.165, 1.54) is 0 Å². The number of carbonyl (C=O) groups is 2. The van der Waals surface area contributed by atoms with Crippen LogP contribution in [0.25, 0.3) is 0 Å². The van der Waals surface area contributed by atoms with E-state index in [0.29, 0.717) is 0 Å². The molecule has 1 amide bonds. The molecule has 0 bridgehead atoms. The van der Waals surface area contributed by atoms with Crippen molar-refractivity contribution in [2.45, 2.75) is 45.6 Å². The van der Waals surface area contributed by atoms with Crippen LogP contribution in [0.15, 0.2) is 0 Å². The van der Waals surface area contributed by atoms with Crippen LogP contribution >= 0.6 is 0 Å². The minimum absolute atomic E-state index is 0.102. The molecule has 1 fully saturated rings. The Labute approximate surface area is 85.5 Å². The van der Waals surface area contributed by atoms with Gasteiger partial charge >= 0.3 is 0 Å². The second kappa shape index (κ2) is 5.13. The highest BCUT2D eigenvalue weighted by atomic mass is 16.1. The average Bonchev–Trinajstić information content (AvgIpc) is 2.64. The first kappa shape index (κ1) is 11.2. The van der Waals surface area contributed by atoms with Gasteiger partial charge in [0.1, 0.15) is 0 Å². The van der Waals surface area contributed by atoms with Gasteiger partial charge in [0.2, 0.25) is 6.41 Å². The monoisotopic (exact) mass is 197 g/mol. The van der Waals surface area contributed by atoms with Gasteiger partial charge in [-0.3, -0.25) is 9.59 Å². The van der Waals surface area contributed by atoms with E-state index in [2.05, 4.69) is 6.92 Å². The van der Waals surface area contributed by atoms with Crippen LogP contribution in [0.4, 0.5) is 0 Å². The summed E-state index contributed by atoms with van der Waals surface area (Å²) in [5.74, 6) is 0.349. The SMILES string of the molecule is CCCC(C)C(=O)[C@@H]1CCCN1C=O. The fourth-order valence-electron chi connectivity index (χ4n) is 2.12. The van der Waals surface area contributed by atoms with Crippen molar-refractivity contribution in [1.29, 1.82) is 0 Å². The molecule has 1 aliphatic heterocycles. The summed E-state index contributed by atoms with van der Waals surface area (Å²) in [4.78, 5) is 24.2. The Morgan fingerprint density at radius 3 is 2.93 bits per heavy atom. The summed E-state index contributed by atoms with van der Waals surface area (Å²) < 4.78 is 0. The smallest absolute Gasteiger partial charge is 0.210 e. The predicted octanol–water partition coefficient (Wildman–Crippen LogP) is 1.61. The molecule has 0 aliphatic carbocycles. The van der Waals surface area contributed by atoms with Gasteiger partial charge in [0.15, 0.2) is 5.78 Å². The molecule has 1 saturated heterocycles. The molecule has 0 aromatic carbocycles. The van der Waals surface area contributed by atoms with Gasteiger partial charge in [-0.2, -0.15) is 0 Å². The summed E-state index contributed by atoms with van der Waals surface area (Å²) in [7, 11) is 0. The fraction of sp³-hybridized carbons (Fsp3) is 0.818.